The second kappa shape index (κ2) is 69.9. The first kappa shape index (κ1) is 73.0. The summed E-state index contributed by atoms with van der Waals surface area (Å²) in [6.07, 6.45) is 80.2. The van der Waals surface area contributed by atoms with Gasteiger partial charge in [-0.25, -0.2) is 0 Å². The highest BCUT2D eigenvalue weighted by atomic mass is 16.5. The lowest BCUT2D eigenvalue weighted by atomic mass is 10.0. The molecule has 0 bridgehead atoms. The van der Waals surface area contributed by atoms with Crippen LogP contribution in [0.3, 0.4) is 0 Å². The Morgan fingerprint density at radius 2 is 0.306 bits per heavy atom. The third kappa shape index (κ3) is 71.0. The number of carbonyl (C=O) groups is 2. The molecular formula is C68H136O4. The molecule has 72 heavy (non-hydrogen) atoms. The Bertz CT molecular complexity index is 964. The van der Waals surface area contributed by atoms with Gasteiger partial charge in [0.15, 0.2) is 0 Å². The zero-order valence-electron chi connectivity index (χ0n) is 50.5. The molecule has 0 aromatic rings. The highest BCUT2D eigenvalue weighted by molar-refractivity contribution is 5.69. The van der Waals surface area contributed by atoms with Gasteiger partial charge in [-0.15, -0.1) is 0 Å². The number of unbranched alkanes of at least 4 members (excludes halogenated alkanes) is 54. The minimum absolute atomic E-state index is 0.0257. The third-order valence-corrected chi connectivity index (χ3v) is 15.5. The fraction of sp³-hybridized carbons (Fsp3) is 0.971. The van der Waals surface area contributed by atoms with E-state index >= 15 is 0 Å². The molecule has 0 unspecified atom stereocenters. The Hall–Kier alpha value is -1.06. The normalized spacial score (nSPS) is 11.3. The summed E-state index contributed by atoms with van der Waals surface area (Å²) in [7, 11) is 0. The van der Waals surface area contributed by atoms with Crippen LogP contribution in [0.5, 0.6) is 0 Å². The van der Waals surface area contributed by atoms with Gasteiger partial charge in [-0.2, -0.15) is 0 Å². The Morgan fingerprint density at radius 1 is 0.181 bits per heavy atom. The molecule has 0 radical (unpaired) electrons. The van der Waals surface area contributed by atoms with Gasteiger partial charge in [-0.1, -0.05) is 374 Å². The third-order valence-electron chi connectivity index (χ3n) is 15.5. The van der Waals surface area contributed by atoms with E-state index in [-0.39, 0.29) is 11.9 Å². The predicted octanol–water partition coefficient (Wildman–Crippen LogP) is 24.5. The number of carbonyl (C=O) groups excluding carboxylic acids is 2. The Labute approximate surface area is 455 Å². The maximum absolute atomic E-state index is 11.9. The topological polar surface area (TPSA) is 52.6 Å². The average Bonchev–Trinajstić information content (AvgIpc) is 3.38. The first-order valence-electron chi connectivity index (χ1n) is 33.9. The van der Waals surface area contributed by atoms with Gasteiger partial charge in [0, 0.05) is 12.8 Å². The van der Waals surface area contributed by atoms with E-state index in [4.69, 9.17) is 9.47 Å². The monoisotopic (exact) mass is 1020 g/mol. The highest BCUT2D eigenvalue weighted by Crippen LogP contribution is 2.18. The average molecular weight is 1020 g/mol. The molecule has 0 aliphatic rings. The van der Waals surface area contributed by atoms with Crippen LogP contribution in [0.4, 0.5) is 0 Å². The second-order valence-electron chi connectivity index (χ2n) is 23.0. The summed E-state index contributed by atoms with van der Waals surface area (Å²) < 4.78 is 10.9. The molecule has 0 saturated heterocycles. The molecule has 0 saturated carbocycles. The van der Waals surface area contributed by atoms with Gasteiger partial charge in [0.1, 0.15) is 0 Å². The molecule has 0 fully saturated rings. The molecule has 0 aromatic heterocycles. The molecule has 0 spiro atoms. The summed E-state index contributed by atoms with van der Waals surface area (Å²) in [6.45, 7) is 10.4. The van der Waals surface area contributed by atoms with Crippen LogP contribution in [0.25, 0.3) is 0 Å². The lowest BCUT2D eigenvalue weighted by Crippen LogP contribution is -2.05. The Balaban J connectivity index is 0. The van der Waals surface area contributed by atoms with Crippen LogP contribution in [0.2, 0.25) is 0 Å². The largest absolute Gasteiger partial charge is 0.466 e. The number of rotatable bonds is 62. The van der Waals surface area contributed by atoms with Gasteiger partial charge in [0.05, 0.1) is 13.2 Å². The second-order valence-corrected chi connectivity index (χ2v) is 23.0. The van der Waals surface area contributed by atoms with Crippen molar-refractivity contribution in [1.82, 2.24) is 0 Å². The van der Waals surface area contributed by atoms with Crippen LogP contribution < -0.4 is 0 Å². The summed E-state index contributed by atoms with van der Waals surface area (Å²) in [5.41, 5.74) is 0. The summed E-state index contributed by atoms with van der Waals surface area (Å²) >= 11 is 0. The van der Waals surface area contributed by atoms with Crippen molar-refractivity contribution >= 4 is 11.9 Å². The number of esters is 2. The standard InChI is InChI=1S/C36H72O2.C32H64O2/c1-3-5-7-9-11-13-15-17-19-21-23-25-27-29-31-33-35-38-36(37)34-32-30-28-26-24-22-20-18-16-14-12-10-8-6-4-2;1-3-5-7-9-11-13-15-17-18-19-20-22-24-26-28-30-32(33)34-31-29-27-25-23-21-16-14-12-10-8-6-4-2/h3-35H2,1-2H3;3-31H2,1-2H3. The molecule has 4 heteroatoms. The van der Waals surface area contributed by atoms with Crippen molar-refractivity contribution in [2.75, 3.05) is 13.2 Å². The van der Waals surface area contributed by atoms with Crippen LogP contribution in [0, 0.1) is 0 Å². The van der Waals surface area contributed by atoms with Crippen molar-refractivity contribution in [3.05, 3.63) is 0 Å². The molecule has 0 aliphatic heterocycles. The molecule has 432 valence electrons. The number of hydrogen-bond acceptors (Lipinski definition) is 4. The van der Waals surface area contributed by atoms with E-state index < -0.39 is 0 Å². The van der Waals surface area contributed by atoms with Crippen molar-refractivity contribution in [3.63, 3.8) is 0 Å². The quantitative estimate of drug-likeness (QED) is 0.0450. The SMILES string of the molecule is CCCCCCCCCCCCCCCCCC(=O)OCCCCCCCCCCCCCC.CCCCCCCCCCCCCCCCCCOC(=O)CCCCCCCCCCCCCCCCC. The molecule has 0 aromatic carbocycles. The Morgan fingerprint density at radius 3 is 0.458 bits per heavy atom. The van der Waals surface area contributed by atoms with Gasteiger partial charge in [0.2, 0.25) is 0 Å². The van der Waals surface area contributed by atoms with Gasteiger partial charge < -0.3 is 9.47 Å². The lowest BCUT2D eigenvalue weighted by molar-refractivity contribution is -0.144. The fourth-order valence-corrected chi connectivity index (χ4v) is 10.4. The smallest absolute Gasteiger partial charge is 0.305 e. The van der Waals surface area contributed by atoms with Gasteiger partial charge in [0.25, 0.3) is 0 Å². The maximum atomic E-state index is 11.9. The van der Waals surface area contributed by atoms with Crippen molar-refractivity contribution in [2.45, 2.75) is 413 Å². The zero-order valence-corrected chi connectivity index (χ0v) is 50.5. The molecule has 0 atom stereocenters. The summed E-state index contributed by atoms with van der Waals surface area (Å²) in [6, 6.07) is 0. The summed E-state index contributed by atoms with van der Waals surface area (Å²) in [4.78, 5) is 23.8. The molecule has 0 aliphatic carbocycles. The maximum Gasteiger partial charge on any atom is 0.305 e. The van der Waals surface area contributed by atoms with Crippen molar-refractivity contribution in [2.24, 2.45) is 0 Å². The van der Waals surface area contributed by atoms with E-state index in [1.165, 1.54) is 347 Å². The van der Waals surface area contributed by atoms with Crippen molar-refractivity contribution in [1.29, 1.82) is 0 Å². The van der Waals surface area contributed by atoms with Crippen LogP contribution in [0.1, 0.15) is 413 Å². The van der Waals surface area contributed by atoms with Gasteiger partial charge in [-0.05, 0) is 25.7 Å². The molecular weight excluding hydrogens is 881 g/mol. The molecule has 0 rings (SSSR count). The van der Waals surface area contributed by atoms with E-state index in [0.717, 1.165) is 25.7 Å². The summed E-state index contributed by atoms with van der Waals surface area (Å²) in [5.74, 6) is 0.0541. The Kier molecular flexibility index (Phi) is 70.9. The van der Waals surface area contributed by atoms with E-state index in [1.807, 2.05) is 0 Å². The van der Waals surface area contributed by atoms with Crippen molar-refractivity contribution < 1.29 is 19.1 Å². The van der Waals surface area contributed by atoms with Gasteiger partial charge in [-0.3, -0.25) is 9.59 Å². The lowest BCUT2D eigenvalue weighted by Gasteiger charge is -2.06. The van der Waals surface area contributed by atoms with Crippen LogP contribution in [-0.2, 0) is 19.1 Å². The molecule has 0 amide bonds. The highest BCUT2D eigenvalue weighted by Gasteiger charge is 2.05. The molecule has 0 N–H and O–H groups in total. The van der Waals surface area contributed by atoms with E-state index in [0.29, 0.717) is 26.1 Å². The fourth-order valence-electron chi connectivity index (χ4n) is 10.4. The van der Waals surface area contributed by atoms with E-state index in [1.54, 1.807) is 0 Å². The molecule has 0 heterocycles. The predicted molar refractivity (Wildman–Crippen MR) is 322 cm³/mol. The minimum Gasteiger partial charge on any atom is -0.466 e. The zero-order chi connectivity index (χ0) is 52.4. The van der Waals surface area contributed by atoms with E-state index in [2.05, 4.69) is 27.7 Å². The minimum atomic E-state index is 0.0257. The van der Waals surface area contributed by atoms with Crippen LogP contribution in [0.15, 0.2) is 0 Å². The number of hydrogen-bond donors (Lipinski definition) is 0. The molecule has 4 nitrogen and oxygen atoms in total. The van der Waals surface area contributed by atoms with Crippen molar-refractivity contribution in [3.8, 4) is 0 Å². The first-order valence-corrected chi connectivity index (χ1v) is 33.9. The van der Waals surface area contributed by atoms with Gasteiger partial charge >= 0.3 is 11.9 Å². The first-order chi connectivity index (χ1) is 35.6. The summed E-state index contributed by atoms with van der Waals surface area (Å²) in [5, 5.41) is 0. The van der Waals surface area contributed by atoms with Crippen LogP contribution in [-0.4, -0.2) is 25.2 Å². The number of ether oxygens (including phenoxy) is 2. The van der Waals surface area contributed by atoms with E-state index in [9.17, 15) is 9.59 Å². The van der Waals surface area contributed by atoms with Crippen LogP contribution >= 0.6 is 0 Å².